The average Bonchev–Trinajstić information content (AvgIpc) is 2.82. The van der Waals surface area contributed by atoms with E-state index in [1.807, 2.05) is 0 Å². The molecule has 1 aliphatic carbocycles. The van der Waals surface area contributed by atoms with Crippen molar-refractivity contribution in [2.45, 2.75) is 37.0 Å². The van der Waals surface area contributed by atoms with Crippen LogP contribution in [-0.2, 0) is 0 Å². The van der Waals surface area contributed by atoms with E-state index >= 15 is 0 Å². The Kier molecular flexibility index (Phi) is 4.40. The van der Waals surface area contributed by atoms with Crippen LogP contribution in [0.25, 0.3) is 0 Å². The van der Waals surface area contributed by atoms with E-state index in [4.69, 9.17) is 0 Å². The summed E-state index contributed by atoms with van der Waals surface area (Å²) in [5.41, 5.74) is 0.0653. The van der Waals surface area contributed by atoms with Gasteiger partial charge in [0, 0.05) is 16.6 Å². The van der Waals surface area contributed by atoms with Crippen LogP contribution in [0.3, 0.4) is 0 Å². The van der Waals surface area contributed by atoms with E-state index in [0.29, 0.717) is 11.0 Å². The van der Waals surface area contributed by atoms with Crippen LogP contribution >= 0.6 is 11.8 Å². The summed E-state index contributed by atoms with van der Waals surface area (Å²) in [6, 6.07) is 3.21. The van der Waals surface area contributed by atoms with Gasteiger partial charge in [0.25, 0.3) is 0 Å². The molecule has 2 rings (SSSR count). The molecule has 1 aliphatic rings. The van der Waals surface area contributed by atoms with Crippen LogP contribution in [0.15, 0.2) is 18.2 Å². The third-order valence-corrected chi connectivity index (χ3v) is 4.56. The first kappa shape index (κ1) is 12.8. The molecule has 1 N–H and O–H groups in total. The quantitative estimate of drug-likeness (QED) is 0.889. The average molecular weight is 258 g/mol. The molecule has 1 aromatic rings. The number of aliphatic hydroxyl groups is 1. The zero-order valence-corrected chi connectivity index (χ0v) is 10.4. The van der Waals surface area contributed by atoms with Crippen molar-refractivity contribution in [1.82, 2.24) is 0 Å². The second-order valence-electron chi connectivity index (χ2n) is 4.42. The molecule has 1 atom stereocenters. The number of thioether (sulfide) groups is 1. The summed E-state index contributed by atoms with van der Waals surface area (Å²) < 4.78 is 26.3. The van der Waals surface area contributed by atoms with Gasteiger partial charge in [0.1, 0.15) is 11.6 Å². The molecule has 1 fully saturated rings. The van der Waals surface area contributed by atoms with Crippen LogP contribution in [0.1, 0.15) is 37.4 Å². The highest BCUT2D eigenvalue weighted by Crippen LogP contribution is 2.32. The van der Waals surface area contributed by atoms with Gasteiger partial charge in [0.2, 0.25) is 0 Å². The van der Waals surface area contributed by atoms with Gasteiger partial charge in [-0.2, -0.15) is 11.8 Å². The Morgan fingerprint density at radius 1 is 1.29 bits per heavy atom. The van der Waals surface area contributed by atoms with Gasteiger partial charge in [-0.05, 0) is 31.0 Å². The molecule has 0 bridgehead atoms. The van der Waals surface area contributed by atoms with Crippen LogP contribution in [0.5, 0.6) is 0 Å². The van der Waals surface area contributed by atoms with Crippen molar-refractivity contribution in [1.29, 1.82) is 0 Å². The predicted molar refractivity (Wildman–Crippen MR) is 66.0 cm³/mol. The largest absolute Gasteiger partial charge is 0.387 e. The second-order valence-corrected chi connectivity index (χ2v) is 5.75. The molecule has 0 heterocycles. The van der Waals surface area contributed by atoms with Gasteiger partial charge in [-0.1, -0.05) is 12.8 Å². The van der Waals surface area contributed by atoms with Gasteiger partial charge < -0.3 is 5.11 Å². The number of hydrogen-bond donors (Lipinski definition) is 1. The lowest BCUT2D eigenvalue weighted by Gasteiger charge is -2.14. The van der Waals surface area contributed by atoms with E-state index < -0.39 is 17.7 Å². The topological polar surface area (TPSA) is 20.2 Å². The fraction of sp³-hybridized carbons (Fsp3) is 0.538. The van der Waals surface area contributed by atoms with E-state index in [0.717, 1.165) is 18.2 Å². The summed E-state index contributed by atoms with van der Waals surface area (Å²) in [5.74, 6) is -0.609. The fourth-order valence-corrected chi connectivity index (χ4v) is 3.44. The summed E-state index contributed by atoms with van der Waals surface area (Å²) in [5, 5.41) is 10.4. The lowest BCUT2D eigenvalue weighted by Crippen LogP contribution is -2.07. The van der Waals surface area contributed by atoms with Crippen molar-refractivity contribution in [3.8, 4) is 0 Å². The monoisotopic (exact) mass is 258 g/mol. The highest BCUT2D eigenvalue weighted by molar-refractivity contribution is 7.99. The van der Waals surface area contributed by atoms with Crippen molar-refractivity contribution in [2.75, 3.05) is 5.75 Å². The van der Waals surface area contributed by atoms with Gasteiger partial charge in [-0.15, -0.1) is 0 Å². The number of halogens is 2. The highest BCUT2D eigenvalue weighted by Gasteiger charge is 2.19. The Morgan fingerprint density at radius 3 is 2.71 bits per heavy atom. The summed E-state index contributed by atoms with van der Waals surface area (Å²) in [4.78, 5) is 0. The molecule has 1 saturated carbocycles. The Labute approximate surface area is 104 Å². The van der Waals surface area contributed by atoms with E-state index in [2.05, 4.69) is 0 Å². The number of aliphatic hydroxyl groups excluding tert-OH is 1. The lowest BCUT2D eigenvalue weighted by atomic mass is 10.1. The summed E-state index contributed by atoms with van der Waals surface area (Å²) in [7, 11) is 0. The predicted octanol–water partition coefficient (Wildman–Crippen LogP) is 3.67. The minimum absolute atomic E-state index is 0.0653. The molecule has 0 radical (unpaired) electrons. The normalized spacial score (nSPS) is 18.5. The van der Waals surface area contributed by atoms with Crippen LogP contribution in [-0.4, -0.2) is 16.1 Å². The standard InChI is InChI=1S/C13H16F2OS/c14-9-5-6-12(15)11(7-9)13(16)8-17-10-3-1-2-4-10/h5-7,10,13,16H,1-4,8H2. The zero-order chi connectivity index (χ0) is 12.3. The summed E-state index contributed by atoms with van der Waals surface area (Å²) in [6.45, 7) is 0. The highest BCUT2D eigenvalue weighted by atomic mass is 32.2. The third kappa shape index (κ3) is 3.42. The maximum absolute atomic E-state index is 13.4. The molecule has 17 heavy (non-hydrogen) atoms. The van der Waals surface area contributed by atoms with Crippen LogP contribution in [0.2, 0.25) is 0 Å². The fourth-order valence-electron chi connectivity index (χ4n) is 2.14. The molecule has 4 heteroatoms. The molecule has 0 aliphatic heterocycles. The Morgan fingerprint density at radius 2 is 2.00 bits per heavy atom. The second kappa shape index (κ2) is 5.83. The van der Waals surface area contributed by atoms with Gasteiger partial charge >= 0.3 is 0 Å². The molecular formula is C13H16F2OS. The maximum Gasteiger partial charge on any atom is 0.129 e. The van der Waals surface area contributed by atoms with E-state index in [9.17, 15) is 13.9 Å². The lowest BCUT2D eigenvalue weighted by molar-refractivity contribution is 0.198. The molecule has 0 aromatic heterocycles. The first-order chi connectivity index (χ1) is 8.16. The van der Waals surface area contributed by atoms with Crippen molar-refractivity contribution in [2.24, 2.45) is 0 Å². The molecule has 94 valence electrons. The van der Waals surface area contributed by atoms with Crippen molar-refractivity contribution in [3.05, 3.63) is 35.4 Å². The summed E-state index contributed by atoms with van der Waals surface area (Å²) in [6.07, 6.45) is 3.90. The first-order valence-electron chi connectivity index (χ1n) is 5.91. The van der Waals surface area contributed by atoms with Crippen molar-refractivity contribution >= 4 is 11.8 Å². The van der Waals surface area contributed by atoms with Crippen molar-refractivity contribution < 1.29 is 13.9 Å². The molecular weight excluding hydrogens is 242 g/mol. The Bertz CT molecular complexity index is 378. The van der Waals surface area contributed by atoms with E-state index in [1.165, 1.54) is 25.7 Å². The van der Waals surface area contributed by atoms with Crippen LogP contribution < -0.4 is 0 Å². The minimum Gasteiger partial charge on any atom is -0.387 e. The van der Waals surface area contributed by atoms with Crippen LogP contribution in [0.4, 0.5) is 8.78 Å². The molecule has 0 spiro atoms. The van der Waals surface area contributed by atoms with Crippen molar-refractivity contribution in [3.63, 3.8) is 0 Å². The number of hydrogen-bond acceptors (Lipinski definition) is 2. The number of benzene rings is 1. The zero-order valence-electron chi connectivity index (χ0n) is 9.53. The minimum atomic E-state index is -0.920. The van der Waals surface area contributed by atoms with Gasteiger partial charge in [-0.3, -0.25) is 0 Å². The SMILES string of the molecule is OC(CSC1CCCC1)c1cc(F)ccc1F. The maximum atomic E-state index is 13.4. The number of rotatable bonds is 4. The van der Waals surface area contributed by atoms with Gasteiger partial charge in [-0.25, -0.2) is 8.78 Å². The molecule has 1 unspecified atom stereocenters. The Hall–Kier alpha value is -0.610. The third-order valence-electron chi connectivity index (χ3n) is 3.11. The first-order valence-corrected chi connectivity index (χ1v) is 6.96. The van der Waals surface area contributed by atoms with E-state index in [-0.39, 0.29) is 5.56 Å². The molecule has 0 saturated heterocycles. The summed E-state index contributed by atoms with van der Waals surface area (Å²) >= 11 is 1.66. The van der Waals surface area contributed by atoms with Crippen LogP contribution in [0, 0.1) is 11.6 Å². The van der Waals surface area contributed by atoms with Gasteiger partial charge in [0.05, 0.1) is 6.10 Å². The molecule has 1 aromatic carbocycles. The smallest absolute Gasteiger partial charge is 0.129 e. The Balaban J connectivity index is 1.93. The van der Waals surface area contributed by atoms with E-state index in [1.54, 1.807) is 11.8 Å². The molecule has 1 nitrogen and oxygen atoms in total. The molecule has 0 amide bonds. The van der Waals surface area contributed by atoms with Gasteiger partial charge in [0.15, 0.2) is 0 Å².